The zero-order valence-corrected chi connectivity index (χ0v) is 8.91. The van der Waals surface area contributed by atoms with E-state index in [-0.39, 0.29) is 0 Å². The highest BCUT2D eigenvalue weighted by atomic mass is 127. The van der Waals surface area contributed by atoms with Gasteiger partial charge in [-0.15, -0.1) is 0 Å². The van der Waals surface area contributed by atoms with Gasteiger partial charge in [0, 0.05) is 9.14 Å². The number of fused-ring (bicyclic) bond motifs is 1. The highest BCUT2D eigenvalue weighted by molar-refractivity contribution is 14.1. The first-order valence-electron chi connectivity index (χ1n) is 3.82. The fraction of sp³-hybridized carbons (Fsp3) is 0.100. The number of ether oxygens (including phenoxy) is 1. The molecule has 0 fully saturated rings. The highest BCUT2D eigenvalue weighted by Crippen LogP contribution is 2.29. The highest BCUT2D eigenvalue weighted by Gasteiger charge is 2.09. The molecule has 0 spiro atoms. The van der Waals surface area contributed by atoms with Crippen LogP contribution < -0.4 is 4.74 Å². The van der Waals surface area contributed by atoms with Crippen LogP contribution in [0.15, 0.2) is 21.8 Å². The van der Waals surface area contributed by atoms with Gasteiger partial charge in [0.15, 0.2) is 0 Å². The van der Waals surface area contributed by atoms with Crippen molar-refractivity contribution in [1.82, 2.24) is 0 Å². The van der Waals surface area contributed by atoms with Gasteiger partial charge in [-0.3, -0.25) is 0 Å². The van der Waals surface area contributed by atoms with Gasteiger partial charge in [-0.05, 0) is 46.9 Å². The van der Waals surface area contributed by atoms with Crippen molar-refractivity contribution in [2.75, 3.05) is 6.61 Å². The van der Waals surface area contributed by atoms with Crippen molar-refractivity contribution < 1.29 is 4.74 Å². The zero-order chi connectivity index (χ0) is 9.26. The Kier molecular flexibility index (Phi) is 2.23. The van der Waals surface area contributed by atoms with E-state index in [0.717, 1.165) is 14.9 Å². The molecule has 1 aliphatic rings. The summed E-state index contributed by atoms with van der Waals surface area (Å²) in [6, 6.07) is 7.55. The molecular weight excluding hydrogens is 277 g/mol. The van der Waals surface area contributed by atoms with E-state index in [2.05, 4.69) is 28.7 Å². The van der Waals surface area contributed by atoms with Crippen molar-refractivity contribution in [1.29, 1.82) is 5.26 Å². The maximum Gasteiger partial charge on any atom is 0.127 e. The molecule has 2 nitrogen and oxygen atoms in total. The minimum absolute atomic E-state index is 0.638. The number of nitriles is 1. The molecule has 64 valence electrons. The molecular formula is C10H6INO. The predicted octanol–water partition coefficient (Wildman–Crippen LogP) is 2.73. The Labute approximate surface area is 90.0 Å². The van der Waals surface area contributed by atoms with Crippen molar-refractivity contribution in [2.24, 2.45) is 0 Å². The summed E-state index contributed by atoms with van der Waals surface area (Å²) < 4.78 is 6.60. The van der Waals surface area contributed by atoms with Crippen LogP contribution in [0.4, 0.5) is 0 Å². The molecule has 0 bridgehead atoms. The topological polar surface area (TPSA) is 33.0 Å². The fourth-order valence-corrected chi connectivity index (χ4v) is 1.71. The number of halogens is 1. The Hall–Kier alpha value is -1.02. The third-order valence-corrected chi connectivity index (χ3v) is 2.44. The number of rotatable bonds is 0. The van der Waals surface area contributed by atoms with Crippen LogP contribution in [0.2, 0.25) is 0 Å². The second-order valence-electron chi connectivity index (χ2n) is 2.74. The standard InChI is InChI=1S/C10H6INO/c11-9-4-8-3-7(5-12)1-2-10(8)13-6-9/h1-4H,6H2. The molecule has 3 heteroatoms. The Morgan fingerprint density at radius 2 is 2.31 bits per heavy atom. The van der Waals surface area contributed by atoms with Crippen LogP contribution in [0.3, 0.4) is 0 Å². The summed E-state index contributed by atoms with van der Waals surface area (Å²) in [4.78, 5) is 0. The molecule has 0 atom stereocenters. The SMILES string of the molecule is N#Cc1ccc2c(c1)C=C(I)CO2. The van der Waals surface area contributed by atoms with Gasteiger partial charge in [0.25, 0.3) is 0 Å². The first kappa shape index (κ1) is 8.57. The van der Waals surface area contributed by atoms with Gasteiger partial charge in [-0.1, -0.05) is 0 Å². The molecule has 0 saturated carbocycles. The van der Waals surface area contributed by atoms with Crippen molar-refractivity contribution in [3.8, 4) is 11.8 Å². The Morgan fingerprint density at radius 1 is 1.46 bits per heavy atom. The van der Waals surface area contributed by atoms with Crippen molar-refractivity contribution in [3.63, 3.8) is 0 Å². The quantitative estimate of drug-likeness (QED) is 0.686. The molecule has 2 rings (SSSR count). The van der Waals surface area contributed by atoms with E-state index in [0.29, 0.717) is 12.2 Å². The van der Waals surface area contributed by atoms with Crippen LogP contribution in [-0.4, -0.2) is 6.61 Å². The lowest BCUT2D eigenvalue weighted by Crippen LogP contribution is -2.03. The number of hydrogen-bond acceptors (Lipinski definition) is 2. The molecule has 0 aliphatic carbocycles. The van der Waals surface area contributed by atoms with Crippen molar-refractivity contribution in [2.45, 2.75) is 0 Å². The van der Waals surface area contributed by atoms with Gasteiger partial charge in [-0.2, -0.15) is 5.26 Å². The predicted molar refractivity (Wildman–Crippen MR) is 58.6 cm³/mol. The minimum atomic E-state index is 0.638. The second kappa shape index (κ2) is 3.38. The zero-order valence-electron chi connectivity index (χ0n) is 6.75. The summed E-state index contributed by atoms with van der Waals surface area (Å²) in [5.74, 6) is 0.861. The Morgan fingerprint density at radius 3 is 3.08 bits per heavy atom. The average Bonchev–Trinajstić information content (AvgIpc) is 2.16. The normalized spacial score (nSPS) is 13.7. The molecule has 0 aromatic heterocycles. The van der Waals surface area contributed by atoms with Crippen LogP contribution in [0.1, 0.15) is 11.1 Å². The molecule has 0 N–H and O–H groups in total. The lowest BCUT2D eigenvalue weighted by Gasteiger charge is -2.14. The van der Waals surface area contributed by atoms with E-state index in [4.69, 9.17) is 10.00 Å². The first-order chi connectivity index (χ1) is 6.29. The summed E-state index contributed by atoms with van der Waals surface area (Å²) >= 11 is 2.23. The molecule has 13 heavy (non-hydrogen) atoms. The van der Waals surface area contributed by atoms with Crippen LogP contribution >= 0.6 is 22.6 Å². The number of hydrogen-bond donors (Lipinski definition) is 0. The molecule has 0 amide bonds. The van der Waals surface area contributed by atoms with Gasteiger partial charge < -0.3 is 4.74 Å². The van der Waals surface area contributed by atoms with Gasteiger partial charge in [-0.25, -0.2) is 0 Å². The van der Waals surface area contributed by atoms with Crippen molar-refractivity contribution >= 4 is 28.7 Å². The first-order valence-corrected chi connectivity index (χ1v) is 4.90. The van der Waals surface area contributed by atoms with E-state index in [1.807, 2.05) is 18.2 Å². The molecule has 1 aromatic carbocycles. The third kappa shape index (κ3) is 1.68. The average molecular weight is 283 g/mol. The summed E-state index contributed by atoms with van der Waals surface area (Å²) in [5, 5.41) is 8.69. The van der Waals surface area contributed by atoms with E-state index in [1.165, 1.54) is 0 Å². The Balaban J connectivity index is 2.53. The maximum absolute atomic E-state index is 8.69. The fourth-order valence-electron chi connectivity index (χ4n) is 1.22. The summed E-state index contributed by atoms with van der Waals surface area (Å²) in [6.07, 6.45) is 2.04. The van der Waals surface area contributed by atoms with Crippen LogP contribution in [0.25, 0.3) is 6.08 Å². The van der Waals surface area contributed by atoms with Gasteiger partial charge in [0.1, 0.15) is 12.4 Å². The minimum Gasteiger partial charge on any atom is -0.488 e. The van der Waals surface area contributed by atoms with Gasteiger partial charge in [0.2, 0.25) is 0 Å². The maximum atomic E-state index is 8.69. The summed E-state index contributed by atoms with van der Waals surface area (Å²) in [5.41, 5.74) is 1.67. The lowest BCUT2D eigenvalue weighted by atomic mass is 10.1. The van der Waals surface area contributed by atoms with E-state index >= 15 is 0 Å². The van der Waals surface area contributed by atoms with E-state index in [1.54, 1.807) is 6.07 Å². The lowest BCUT2D eigenvalue weighted by molar-refractivity contribution is 0.357. The number of benzene rings is 1. The van der Waals surface area contributed by atoms with Crippen LogP contribution in [0, 0.1) is 11.3 Å². The smallest absolute Gasteiger partial charge is 0.127 e. The molecule has 0 radical (unpaired) electrons. The molecule has 1 aromatic rings. The van der Waals surface area contributed by atoms with Gasteiger partial charge in [0.05, 0.1) is 11.6 Å². The number of nitrogens with zero attached hydrogens (tertiary/aromatic N) is 1. The summed E-state index contributed by atoms with van der Waals surface area (Å²) in [7, 11) is 0. The largest absolute Gasteiger partial charge is 0.488 e. The Bertz CT molecular complexity index is 417. The van der Waals surface area contributed by atoms with Crippen LogP contribution in [0.5, 0.6) is 5.75 Å². The molecule has 0 saturated heterocycles. The molecule has 1 aliphatic heterocycles. The third-order valence-electron chi connectivity index (χ3n) is 1.82. The van der Waals surface area contributed by atoms with Gasteiger partial charge >= 0.3 is 0 Å². The van der Waals surface area contributed by atoms with E-state index in [9.17, 15) is 0 Å². The summed E-state index contributed by atoms with van der Waals surface area (Å²) in [6.45, 7) is 0.638. The molecule has 1 heterocycles. The molecule has 0 unspecified atom stereocenters. The second-order valence-corrected chi connectivity index (χ2v) is 4.13. The van der Waals surface area contributed by atoms with E-state index < -0.39 is 0 Å². The monoisotopic (exact) mass is 283 g/mol. The van der Waals surface area contributed by atoms with Crippen LogP contribution in [-0.2, 0) is 0 Å². The van der Waals surface area contributed by atoms with Crippen molar-refractivity contribution in [3.05, 3.63) is 32.9 Å².